The summed E-state index contributed by atoms with van der Waals surface area (Å²) in [6.07, 6.45) is 5.69. The third-order valence-corrected chi connectivity index (χ3v) is 2.82. The van der Waals surface area contributed by atoms with E-state index in [-0.39, 0.29) is 0 Å². The van der Waals surface area contributed by atoms with E-state index >= 15 is 0 Å². The summed E-state index contributed by atoms with van der Waals surface area (Å²) in [5.41, 5.74) is 2.48. The van der Waals surface area contributed by atoms with E-state index in [1.165, 1.54) is 11.1 Å². The Balaban J connectivity index is 2.33. The highest BCUT2D eigenvalue weighted by atomic mass is 35.5. The predicted molar refractivity (Wildman–Crippen MR) is 79.5 cm³/mol. The number of ether oxygens (including phenoxy) is 1. The van der Waals surface area contributed by atoms with Gasteiger partial charge in [0.05, 0.1) is 0 Å². The van der Waals surface area contributed by atoms with E-state index in [9.17, 15) is 0 Å². The maximum Gasteiger partial charge on any atom is 0.120 e. The second-order valence-electron chi connectivity index (χ2n) is 4.21. The fourth-order valence-corrected chi connectivity index (χ4v) is 1.71. The van der Waals surface area contributed by atoms with Gasteiger partial charge in [0.25, 0.3) is 0 Å². The van der Waals surface area contributed by atoms with Crippen LogP contribution in [0.2, 0.25) is 0 Å². The molecule has 0 aliphatic carbocycles. The van der Waals surface area contributed by atoms with E-state index in [4.69, 9.17) is 27.9 Å². The van der Waals surface area contributed by atoms with Crippen LogP contribution in [0, 0.1) is 6.92 Å². The van der Waals surface area contributed by atoms with Crippen LogP contribution in [0.1, 0.15) is 25.3 Å². The molecule has 0 unspecified atom stereocenters. The molecule has 0 heterocycles. The van der Waals surface area contributed by atoms with Gasteiger partial charge in [0.2, 0.25) is 0 Å². The van der Waals surface area contributed by atoms with Crippen molar-refractivity contribution in [2.45, 2.75) is 26.7 Å². The lowest BCUT2D eigenvalue weighted by atomic mass is 10.1. The summed E-state index contributed by atoms with van der Waals surface area (Å²) in [6.45, 7) is 4.72. The van der Waals surface area contributed by atoms with Gasteiger partial charge in [-0.25, -0.2) is 0 Å². The molecule has 0 atom stereocenters. The largest absolute Gasteiger partial charge is 0.490 e. The van der Waals surface area contributed by atoms with Crippen LogP contribution in [-0.2, 0) is 0 Å². The SMILES string of the molecule is CC(=CCOc1cccc(C)c1)CCC=C(Cl)Cl. The summed E-state index contributed by atoms with van der Waals surface area (Å²) in [5, 5.41) is 0. The first-order valence-electron chi connectivity index (χ1n) is 5.94. The third kappa shape index (κ3) is 6.73. The summed E-state index contributed by atoms with van der Waals surface area (Å²) < 4.78 is 5.97. The van der Waals surface area contributed by atoms with Crippen molar-refractivity contribution in [3.05, 3.63) is 52.0 Å². The average Bonchev–Trinajstić information content (AvgIpc) is 2.28. The molecule has 0 aliphatic heterocycles. The van der Waals surface area contributed by atoms with E-state index in [0.29, 0.717) is 11.1 Å². The number of hydrogen-bond acceptors (Lipinski definition) is 1. The van der Waals surface area contributed by atoms with E-state index in [1.54, 1.807) is 0 Å². The molecule has 0 saturated carbocycles. The van der Waals surface area contributed by atoms with E-state index in [0.717, 1.165) is 18.6 Å². The number of rotatable bonds is 6. The molecule has 18 heavy (non-hydrogen) atoms. The summed E-state index contributed by atoms with van der Waals surface area (Å²) in [7, 11) is 0. The van der Waals surface area contributed by atoms with E-state index in [2.05, 4.69) is 26.0 Å². The van der Waals surface area contributed by atoms with Gasteiger partial charge in [-0.2, -0.15) is 0 Å². The van der Waals surface area contributed by atoms with E-state index < -0.39 is 0 Å². The maximum absolute atomic E-state index is 5.64. The average molecular weight is 285 g/mol. The van der Waals surface area contributed by atoms with Crippen molar-refractivity contribution in [3.8, 4) is 5.75 Å². The van der Waals surface area contributed by atoms with Crippen molar-refractivity contribution < 1.29 is 4.74 Å². The van der Waals surface area contributed by atoms with Gasteiger partial charge in [-0.1, -0.05) is 47.0 Å². The number of allylic oxidation sites excluding steroid dienone is 2. The molecule has 0 aliphatic rings. The van der Waals surface area contributed by atoms with Crippen molar-refractivity contribution in [3.63, 3.8) is 0 Å². The second-order valence-corrected chi connectivity index (χ2v) is 5.22. The highest BCUT2D eigenvalue weighted by Crippen LogP contribution is 2.14. The summed E-state index contributed by atoms with van der Waals surface area (Å²) in [6, 6.07) is 8.04. The Morgan fingerprint density at radius 1 is 1.28 bits per heavy atom. The fraction of sp³-hybridized carbons (Fsp3) is 0.333. The van der Waals surface area contributed by atoms with Crippen LogP contribution in [-0.4, -0.2) is 6.61 Å². The van der Waals surface area contributed by atoms with Crippen molar-refractivity contribution >= 4 is 23.2 Å². The number of aryl methyl sites for hydroxylation is 1. The highest BCUT2D eigenvalue weighted by Gasteiger charge is 1.93. The molecule has 1 aromatic rings. The standard InChI is InChI=1S/C15H18Cl2O/c1-12(5-4-8-15(16)17)9-10-18-14-7-3-6-13(2)11-14/h3,6-9,11H,4-5,10H2,1-2H3. The molecule has 1 rings (SSSR count). The number of benzene rings is 1. The highest BCUT2D eigenvalue weighted by molar-refractivity contribution is 6.55. The second kappa shape index (κ2) is 8.23. The number of halogens is 2. The Kier molecular flexibility index (Phi) is 6.92. The molecule has 1 nitrogen and oxygen atoms in total. The Morgan fingerprint density at radius 3 is 2.72 bits per heavy atom. The lowest BCUT2D eigenvalue weighted by Gasteiger charge is -2.05. The monoisotopic (exact) mass is 284 g/mol. The lowest BCUT2D eigenvalue weighted by Crippen LogP contribution is -1.94. The molecular formula is C15H18Cl2O. The van der Waals surface area contributed by atoms with Gasteiger partial charge >= 0.3 is 0 Å². The first-order chi connectivity index (χ1) is 8.58. The van der Waals surface area contributed by atoms with Crippen LogP contribution in [0.5, 0.6) is 5.75 Å². The van der Waals surface area contributed by atoms with Crippen LogP contribution < -0.4 is 4.74 Å². The summed E-state index contributed by atoms with van der Waals surface area (Å²) in [4.78, 5) is 0. The zero-order valence-corrected chi connectivity index (χ0v) is 12.3. The third-order valence-electron chi connectivity index (χ3n) is 2.51. The van der Waals surface area contributed by atoms with Gasteiger partial charge in [0, 0.05) is 0 Å². The van der Waals surface area contributed by atoms with Gasteiger partial charge in [-0.15, -0.1) is 0 Å². The topological polar surface area (TPSA) is 9.23 Å². The predicted octanol–water partition coefficient (Wildman–Crippen LogP) is 5.42. The van der Waals surface area contributed by atoms with Crippen molar-refractivity contribution in [1.29, 1.82) is 0 Å². The van der Waals surface area contributed by atoms with Gasteiger partial charge in [0.1, 0.15) is 16.8 Å². The normalized spacial score (nSPS) is 11.2. The van der Waals surface area contributed by atoms with Crippen LogP contribution >= 0.6 is 23.2 Å². The van der Waals surface area contributed by atoms with Crippen LogP contribution in [0.25, 0.3) is 0 Å². The zero-order valence-electron chi connectivity index (χ0n) is 10.7. The molecule has 0 amide bonds. The minimum Gasteiger partial charge on any atom is -0.490 e. The Hall–Kier alpha value is -0.920. The van der Waals surface area contributed by atoms with Gasteiger partial charge in [0.15, 0.2) is 0 Å². The molecule has 3 heteroatoms. The molecule has 0 N–H and O–H groups in total. The molecule has 0 saturated heterocycles. The molecular weight excluding hydrogens is 267 g/mol. The minimum absolute atomic E-state index is 0.332. The molecule has 0 fully saturated rings. The quantitative estimate of drug-likeness (QED) is 0.634. The smallest absolute Gasteiger partial charge is 0.120 e. The molecule has 0 spiro atoms. The first-order valence-corrected chi connectivity index (χ1v) is 6.70. The molecule has 1 aromatic carbocycles. The molecule has 0 radical (unpaired) electrons. The Morgan fingerprint density at radius 2 is 2.06 bits per heavy atom. The Bertz CT molecular complexity index is 432. The van der Waals surface area contributed by atoms with Crippen molar-refractivity contribution in [2.75, 3.05) is 6.61 Å². The van der Waals surface area contributed by atoms with Gasteiger partial charge in [-0.3, -0.25) is 0 Å². The minimum atomic E-state index is 0.332. The summed E-state index contributed by atoms with van der Waals surface area (Å²) in [5.74, 6) is 0.905. The molecule has 0 aromatic heterocycles. The molecule has 98 valence electrons. The van der Waals surface area contributed by atoms with Crippen molar-refractivity contribution in [1.82, 2.24) is 0 Å². The van der Waals surface area contributed by atoms with Gasteiger partial charge in [-0.05, 0) is 50.5 Å². The lowest BCUT2D eigenvalue weighted by molar-refractivity contribution is 0.361. The van der Waals surface area contributed by atoms with Crippen LogP contribution in [0.4, 0.5) is 0 Å². The van der Waals surface area contributed by atoms with Gasteiger partial charge < -0.3 is 4.74 Å². The number of hydrogen-bond donors (Lipinski definition) is 0. The van der Waals surface area contributed by atoms with Crippen molar-refractivity contribution in [2.24, 2.45) is 0 Å². The zero-order chi connectivity index (χ0) is 13.4. The van der Waals surface area contributed by atoms with Crippen LogP contribution in [0.15, 0.2) is 46.5 Å². The molecule has 0 bridgehead atoms. The Labute approximate surface area is 119 Å². The maximum atomic E-state index is 5.64. The van der Waals surface area contributed by atoms with E-state index in [1.807, 2.05) is 24.3 Å². The fourth-order valence-electron chi connectivity index (χ4n) is 1.50. The summed E-state index contributed by atoms with van der Waals surface area (Å²) >= 11 is 11.1. The van der Waals surface area contributed by atoms with Crippen LogP contribution in [0.3, 0.4) is 0 Å². The first kappa shape index (κ1) is 15.1.